The van der Waals surface area contributed by atoms with E-state index in [0.29, 0.717) is 25.4 Å². The third-order valence-corrected chi connectivity index (χ3v) is 3.63. The van der Waals surface area contributed by atoms with Gasteiger partial charge >= 0.3 is 0 Å². The highest BCUT2D eigenvalue weighted by Crippen LogP contribution is 2.14. The van der Waals surface area contributed by atoms with Crippen LogP contribution in [0.2, 0.25) is 0 Å². The first-order chi connectivity index (χ1) is 9.92. The molecule has 4 heteroatoms. The molecule has 3 nitrogen and oxygen atoms in total. The van der Waals surface area contributed by atoms with Gasteiger partial charge in [0.05, 0.1) is 0 Å². The molecule has 0 aliphatic heterocycles. The predicted molar refractivity (Wildman–Crippen MR) is 84.5 cm³/mol. The molecule has 1 rings (SSSR count). The topological polar surface area (TPSA) is 55.1 Å². The van der Waals surface area contributed by atoms with Gasteiger partial charge in [-0.3, -0.25) is 4.79 Å². The van der Waals surface area contributed by atoms with Crippen LogP contribution in [0.5, 0.6) is 0 Å². The van der Waals surface area contributed by atoms with Gasteiger partial charge in [-0.05, 0) is 61.4 Å². The lowest BCUT2D eigenvalue weighted by Gasteiger charge is -2.16. The lowest BCUT2D eigenvalue weighted by atomic mass is 9.94. The summed E-state index contributed by atoms with van der Waals surface area (Å²) in [6, 6.07) is 4.75. The molecular formula is C17H27FN2O. The molecule has 0 spiro atoms. The molecule has 0 aliphatic carbocycles. The van der Waals surface area contributed by atoms with Crippen molar-refractivity contribution < 1.29 is 9.18 Å². The maximum Gasteiger partial charge on any atom is 0.220 e. The van der Waals surface area contributed by atoms with E-state index >= 15 is 0 Å². The Hall–Kier alpha value is -1.42. The highest BCUT2D eigenvalue weighted by Gasteiger charge is 2.13. The minimum atomic E-state index is -0.222. The Morgan fingerprint density at radius 3 is 2.67 bits per heavy atom. The monoisotopic (exact) mass is 294 g/mol. The fourth-order valence-electron chi connectivity index (χ4n) is 2.54. The lowest BCUT2D eigenvalue weighted by Crippen LogP contribution is -2.30. The fourth-order valence-corrected chi connectivity index (χ4v) is 2.54. The van der Waals surface area contributed by atoms with E-state index in [1.165, 1.54) is 12.1 Å². The average Bonchev–Trinajstić information content (AvgIpc) is 2.40. The summed E-state index contributed by atoms with van der Waals surface area (Å²) in [6.07, 6.45) is 2.17. The van der Waals surface area contributed by atoms with E-state index in [1.54, 1.807) is 6.07 Å². The zero-order valence-electron chi connectivity index (χ0n) is 13.3. The maximum atomic E-state index is 13.0. The number of benzene rings is 1. The molecule has 0 aliphatic rings. The molecule has 1 amide bonds. The molecule has 3 N–H and O–H groups in total. The molecular weight excluding hydrogens is 267 g/mol. The van der Waals surface area contributed by atoms with Crippen molar-refractivity contribution in [1.29, 1.82) is 0 Å². The molecule has 1 atom stereocenters. The quantitative estimate of drug-likeness (QED) is 0.774. The summed E-state index contributed by atoms with van der Waals surface area (Å²) in [4.78, 5) is 11.9. The Morgan fingerprint density at radius 2 is 2.10 bits per heavy atom. The van der Waals surface area contributed by atoms with Crippen molar-refractivity contribution in [3.63, 3.8) is 0 Å². The van der Waals surface area contributed by atoms with Gasteiger partial charge in [0, 0.05) is 13.0 Å². The average molecular weight is 294 g/mol. The number of nitrogens with one attached hydrogen (secondary N) is 1. The number of hydrogen-bond acceptors (Lipinski definition) is 2. The van der Waals surface area contributed by atoms with Gasteiger partial charge in [-0.1, -0.05) is 19.9 Å². The van der Waals surface area contributed by atoms with E-state index in [9.17, 15) is 9.18 Å². The molecule has 118 valence electrons. The van der Waals surface area contributed by atoms with Crippen LogP contribution >= 0.6 is 0 Å². The third-order valence-electron chi connectivity index (χ3n) is 3.63. The van der Waals surface area contributed by atoms with Crippen molar-refractivity contribution in [3.05, 3.63) is 35.1 Å². The second kappa shape index (κ2) is 8.78. The van der Waals surface area contributed by atoms with Crippen LogP contribution in [0.3, 0.4) is 0 Å². The molecule has 0 fully saturated rings. The summed E-state index contributed by atoms with van der Waals surface area (Å²) in [5.41, 5.74) is 7.69. The Labute approximate surface area is 127 Å². The van der Waals surface area contributed by atoms with Crippen molar-refractivity contribution in [3.8, 4) is 0 Å². The second-order valence-corrected chi connectivity index (χ2v) is 6.11. The summed E-state index contributed by atoms with van der Waals surface area (Å²) >= 11 is 0. The zero-order valence-corrected chi connectivity index (χ0v) is 13.3. The molecule has 0 heterocycles. The number of rotatable bonds is 8. The van der Waals surface area contributed by atoms with Crippen LogP contribution in [0.25, 0.3) is 0 Å². The van der Waals surface area contributed by atoms with Crippen molar-refractivity contribution in [1.82, 2.24) is 5.32 Å². The molecule has 1 unspecified atom stereocenters. The Kier molecular flexibility index (Phi) is 7.37. The first kappa shape index (κ1) is 17.6. The maximum absolute atomic E-state index is 13.0. The smallest absolute Gasteiger partial charge is 0.220 e. The number of nitrogens with two attached hydrogens (primary N) is 1. The minimum absolute atomic E-state index is 0.0471. The number of amides is 1. The van der Waals surface area contributed by atoms with Gasteiger partial charge in [0.1, 0.15) is 5.82 Å². The van der Waals surface area contributed by atoms with Crippen LogP contribution in [0, 0.1) is 24.6 Å². The molecule has 0 aromatic heterocycles. The summed E-state index contributed by atoms with van der Waals surface area (Å²) in [6.45, 7) is 7.27. The Balaban J connectivity index is 2.36. The van der Waals surface area contributed by atoms with E-state index in [2.05, 4.69) is 19.2 Å². The van der Waals surface area contributed by atoms with Crippen LogP contribution in [0.15, 0.2) is 18.2 Å². The van der Waals surface area contributed by atoms with Gasteiger partial charge in [0.15, 0.2) is 0 Å². The first-order valence-electron chi connectivity index (χ1n) is 7.64. The number of aryl methyl sites for hydroxylation is 1. The molecule has 21 heavy (non-hydrogen) atoms. The standard InChI is InChI=1S/C17H27FN2O/c1-12(2)8-14(11-19)10-17(21)20-7-6-15-4-5-16(18)9-13(15)3/h4-5,9,12,14H,6-8,10-11,19H2,1-3H3,(H,20,21). The van der Waals surface area contributed by atoms with Crippen LogP contribution in [0.1, 0.15) is 37.8 Å². The van der Waals surface area contributed by atoms with E-state index in [-0.39, 0.29) is 17.6 Å². The predicted octanol–water partition coefficient (Wildman–Crippen LogP) is 2.80. The van der Waals surface area contributed by atoms with Crippen LogP contribution in [-0.2, 0) is 11.2 Å². The largest absolute Gasteiger partial charge is 0.356 e. The Morgan fingerprint density at radius 1 is 1.38 bits per heavy atom. The second-order valence-electron chi connectivity index (χ2n) is 6.11. The highest BCUT2D eigenvalue weighted by molar-refractivity contribution is 5.76. The van der Waals surface area contributed by atoms with Crippen molar-refractivity contribution in [2.24, 2.45) is 17.6 Å². The third kappa shape index (κ3) is 6.71. The number of carbonyl (C=O) groups is 1. The zero-order chi connectivity index (χ0) is 15.8. The minimum Gasteiger partial charge on any atom is -0.356 e. The first-order valence-corrected chi connectivity index (χ1v) is 7.64. The molecule has 0 bridgehead atoms. The van der Waals surface area contributed by atoms with Crippen LogP contribution < -0.4 is 11.1 Å². The van der Waals surface area contributed by atoms with E-state index < -0.39 is 0 Å². The summed E-state index contributed by atoms with van der Waals surface area (Å²) in [7, 11) is 0. The van der Waals surface area contributed by atoms with Gasteiger partial charge < -0.3 is 11.1 Å². The van der Waals surface area contributed by atoms with E-state index in [1.807, 2.05) is 6.92 Å². The number of carbonyl (C=O) groups excluding carboxylic acids is 1. The van der Waals surface area contributed by atoms with Crippen molar-refractivity contribution in [2.75, 3.05) is 13.1 Å². The highest BCUT2D eigenvalue weighted by atomic mass is 19.1. The normalized spacial score (nSPS) is 12.5. The van der Waals surface area contributed by atoms with Crippen molar-refractivity contribution in [2.45, 2.75) is 40.0 Å². The molecule has 1 aromatic carbocycles. The van der Waals surface area contributed by atoms with Gasteiger partial charge in [-0.25, -0.2) is 4.39 Å². The summed E-state index contributed by atoms with van der Waals surface area (Å²) in [5.74, 6) is 0.622. The lowest BCUT2D eigenvalue weighted by molar-refractivity contribution is -0.122. The molecule has 1 aromatic rings. The van der Waals surface area contributed by atoms with E-state index in [4.69, 9.17) is 5.73 Å². The summed E-state index contributed by atoms with van der Waals surface area (Å²) in [5, 5.41) is 2.92. The fraction of sp³-hybridized carbons (Fsp3) is 0.588. The molecule has 0 saturated heterocycles. The summed E-state index contributed by atoms with van der Waals surface area (Å²) < 4.78 is 13.0. The Bertz CT molecular complexity index is 460. The molecule has 0 saturated carbocycles. The SMILES string of the molecule is Cc1cc(F)ccc1CCNC(=O)CC(CN)CC(C)C. The van der Waals surface area contributed by atoms with Crippen molar-refractivity contribution >= 4 is 5.91 Å². The van der Waals surface area contributed by atoms with Gasteiger partial charge in [-0.15, -0.1) is 0 Å². The van der Waals surface area contributed by atoms with Crippen LogP contribution in [-0.4, -0.2) is 19.0 Å². The van der Waals surface area contributed by atoms with Gasteiger partial charge in [-0.2, -0.15) is 0 Å². The number of halogens is 1. The van der Waals surface area contributed by atoms with Crippen LogP contribution in [0.4, 0.5) is 4.39 Å². The molecule has 0 radical (unpaired) electrons. The van der Waals surface area contributed by atoms with Gasteiger partial charge in [0.25, 0.3) is 0 Å². The van der Waals surface area contributed by atoms with E-state index in [0.717, 1.165) is 24.0 Å². The number of hydrogen-bond donors (Lipinski definition) is 2. The van der Waals surface area contributed by atoms with Gasteiger partial charge in [0.2, 0.25) is 5.91 Å².